The molecule has 1 aliphatic carbocycles. The van der Waals surface area contributed by atoms with Crippen LogP contribution in [0.1, 0.15) is 41.9 Å². The summed E-state index contributed by atoms with van der Waals surface area (Å²) in [6.07, 6.45) is 7.41. The maximum absolute atomic E-state index is 14.6. The van der Waals surface area contributed by atoms with E-state index in [0.29, 0.717) is 28.8 Å². The zero-order chi connectivity index (χ0) is 24.7. The average molecular weight is 500 g/mol. The molecule has 3 aromatic heterocycles. The lowest BCUT2D eigenvalue weighted by Gasteiger charge is -2.30. The fourth-order valence-electron chi connectivity index (χ4n) is 4.71. The number of fused-ring (bicyclic) bond motifs is 1. The molecule has 2 atom stereocenters. The maximum atomic E-state index is 14.6. The molecule has 3 heterocycles. The third-order valence-electron chi connectivity index (χ3n) is 6.38. The second-order valence-corrected chi connectivity index (χ2v) is 9.31. The number of hydrogen-bond acceptors (Lipinski definition) is 5. The van der Waals surface area contributed by atoms with Crippen molar-refractivity contribution in [3.8, 4) is 11.4 Å². The van der Waals surface area contributed by atoms with Crippen LogP contribution in [0.3, 0.4) is 0 Å². The maximum Gasteiger partial charge on any atom is 0.270 e. The Hall–Kier alpha value is -3.53. The largest absolute Gasteiger partial charge is 0.365 e. The van der Waals surface area contributed by atoms with Gasteiger partial charge in [0.2, 0.25) is 0 Å². The van der Waals surface area contributed by atoms with Crippen LogP contribution in [0.2, 0.25) is 5.02 Å². The summed E-state index contributed by atoms with van der Waals surface area (Å²) in [7, 11) is 1.78. The number of anilines is 1. The van der Waals surface area contributed by atoms with Crippen molar-refractivity contribution < 1.29 is 13.6 Å². The molecule has 0 bridgehead atoms. The fraction of sp³-hybridized carbons (Fsp3) is 0.333. The van der Waals surface area contributed by atoms with Gasteiger partial charge in [-0.3, -0.25) is 4.79 Å². The molecule has 11 heteroatoms. The van der Waals surface area contributed by atoms with E-state index in [-0.39, 0.29) is 40.2 Å². The minimum absolute atomic E-state index is 0.0614. The second-order valence-electron chi connectivity index (χ2n) is 8.87. The molecule has 1 fully saturated rings. The first kappa shape index (κ1) is 23.2. The molecule has 8 nitrogen and oxygen atoms in total. The quantitative estimate of drug-likeness (QED) is 0.368. The van der Waals surface area contributed by atoms with E-state index in [1.54, 1.807) is 37.1 Å². The number of aryl methyl sites for hydroxylation is 2. The van der Waals surface area contributed by atoms with Crippen molar-refractivity contribution in [3.63, 3.8) is 0 Å². The minimum atomic E-state index is -0.588. The van der Waals surface area contributed by atoms with Crippen molar-refractivity contribution in [2.75, 3.05) is 5.32 Å². The van der Waals surface area contributed by atoms with Gasteiger partial charge in [-0.15, -0.1) is 0 Å². The highest BCUT2D eigenvalue weighted by Crippen LogP contribution is 2.32. The molecule has 0 aliphatic heterocycles. The monoisotopic (exact) mass is 499 g/mol. The summed E-state index contributed by atoms with van der Waals surface area (Å²) in [6.45, 7) is 1.80. The van der Waals surface area contributed by atoms with E-state index >= 15 is 0 Å². The summed E-state index contributed by atoms with van der Waals surface area (Å²) in [5, 5.41) is 7.01. The lowest BCUT2D eigenvalue weighted by molar-refractivity contribution is 0.0917. The Labute approximate surface area is 205 Å². The van der Waals surface area contributed by atoms with Crippen LogP contribution in [0, 0.1) is 18.6 Å². The van der Waals surface area contributed by atoms with Gasteiger partial charge in [0.1, 0.15) is 11.5 Å². The second kappa shape index (κ2) is 9.26. The summed E-state index contributed by atoms with van der Waals surface area (Å²) < 4.78 is 30.6. The molecule has 1 unspecified atom stereocenters. The van der Waals surface area contributed by atoms with Crippen LogP contribution in [0.4, 0.5) is 14.6 Å². The molecule has 5 rings (SSSR count). The molecule has 1 saturated carbocycles. The standard InChI is InChI=1S/C24H24ClF2N7O/c1-12-21(34(2)11-30-12)24(35)32-15-5-3-4-14(8-15)31-23-19(27)10-29-22(33-23)17-9-28-20-16(17)6-13(25)7-18(20)26/h6-7,9-11,14-15,28H,3-5,8H2,1-2H3,(H,32,35)(H,29,31,33)/t14-,15?/m0/s1. The highest BCUT2D eigenvalue weighted by molar-refractivity contribution is 6.31. The molecule has 182 valence electrons. The van der Waals surface area contributed by atoms with Gasteiger partial charge in [0.15, 0.2) is 17.5 Å². The van der Waals surface area contributed by atoms with Crippen molar-refractivity contribution in [2.45, 2.75) is 44.7 Å². The molecule has 0 radical (unpaired) electrons. The number of rotatable bonds is 5. The average Bonchev–Trinajstić information content (AvgIpc) is 3.38. The predicted octanol–water partition coefficient (Wildman–Crippen LogP) is 4.75. The lowest BCUT2D eigenvalue weighted by Crippen LogP contribution is -2.42. The van der Waals surface area contributed by atoms with E-state index in [2.05, 4.69) is 30.6 Å². The Balaban J connectivity index is 1.33. The lowest BCUT2D eigenvalue weighted by atomic mass is 9.91. The van der Waals surface area contributed by atoms with Gasteiger partial charge in [-0.1, -0.05) is 11.6 Å². The number of benzene rings is 1. The smallest absolute Gasteiger partial charge is 0.270 e. The Morgan fingerprint density at radius 1 is 1.20 bits per heavy atom. The number of aromatic nitrogens is 5. The number of hydrogen-bond donors (Lipinski definition) is 3. The van der Waals surface area contributed by atoms with E-state index in [1.165, 1.54) is 6.07 Å². The first-order chi connectivity index (χ1) is 16.8. The van der Waals surface area contributed by atoms with E-state index in [0.717, 1.165) is 25.5 Å². The Morgan fingerprint density at radius 2 is 2.00 bits per heavy atom. The molecular formula is C24H24ClF2N7O. The van der Waals surface area contributed by atoms with Crippen molar-refractivity contribution in [3.05, 3.63) is 58.9 Å². The number of amides is 1. The van der Waals surface area contributed by atoms with Gasteiger partial charge in [0.05, 0.1) is 23.7 Å². The number of H-pyrrole nitrogens is 1. The highest BCUT2D eigenvalue weighted by atomic mass is 35.5. The first-order valence-electron chi connectivity index (χ1n) is 11.3. The van der Waals surface area contributed by atoms with Crippen molar-refractivity contribution in [1.82, 2.24) is 29.8 Å². The van der Waals surface area contributed by atoms with Gasteiger partial charge >= 0.3 is 0 Å². The Kier molecular flexibility index (Phi) is 6.14. The van der Waals surface area contributed by atoms with Gasteiger partial charge < -0.3 is 20.2 Å². The number of imidazole rings is 1. The zero-order valence-corrected chi connectivity index (χ0v) is 20.0. The van der Waals surface area contributed by atoms with E-state index in [9.17, 15) is 13.6 Å². The summed E-state index contributed by atoms with van der Waals surface area (Å²) in [4.78, 5) is 28.3. The predicted molar refractivity (Wildman–Crippen MR) is 129 cm³/mol. The molecule has 1 aliphatic rings. The summed E-state index contributed by atoms with van der Waals surface area (Å²) in [5.41, 5.74) is 2.00. The zero-order valence-electron chi connectivity index (χ0n) is 19.2. The van der Waals surface area contributed by atoms with Crippen molar-refractivity contribution >= 4 is 34.2 Å². The Morgan fingerprint density at radius 3 is 2.77 bits per heavy atom. The normalized spacial score (nSPS) is 18.1. The van der Waals surface area contributed by atoms with Crippen LogP contribution in [-0.2, 0) is 7.05 Å². The summed E-state index contributed by atoms with van der Waals surface area (Å²) >= 11 is 6.02. The van der Waals surface area contributed by atoms with Crippen LogP contribution in [0.5, 0.6) is 0 Å². The van der Waals surface area contributed by atoms with E-state index in [4.69, 9.17) is 11.6 Å². The molecule has 4 aromatic rings. The number of nitrogens with one attached hydrogen (secondary N) is 3. The van der Waals surface area contributed by atoms with E-state index < -0.39 is 11.6 Å². The third-order valence-corrected chi connectivity index (χ3v) is 6.59. The summed E-state index contributed by atoms with van der Waals surface area (Å²) in [6, 6.07) is 2.68. The van der Waals surface area contributed by atoms with E-state index in [1.807, 2.05) is 0 Å². The molecule has 0 saturated heterocycles. The fourth-order valence-corrected chi connectivity index (χ4v) is 4.91. The number of carbonyl (C=O) groups excluding carboxylic acids is 1. The van der Waals surface area contributed by atoms with Crippen LogP contribution >= 0.6 is 11.6 Å². The van der Waals surface area contributed by atoms with Crippen LogP contribution in [0.25, 0.3) is 22.3 Å². The summed E-state index contributed by atoms with van der Waals surface area (Å²) in [5.74, 6) is -0.945. The number of halogens is 3. The third kappa shape index (κ3) is 4.58. The van der Waals surface area contributed by atoms with Gasteiger partial charge in [-0.25, -0.2) is 23.7 Å². The topological polar surface area (TPSA) is 101 Å². The van der Waals surface area contributed by atoms with Crippen molar-refractivity contribution in [2.24, 2.45) is 7.05 Å². The van der Waals surface area contributed by atoms with Crippen molar-refractivity contribution in [1.29, 1.82) is 0 Å². The molecule has 1 aromatic carbocycles. The molecular weight excluding hydrogens is 476 g/mol. The number of aromatic amines is 1. The number of nitrogens with zero attached hydrogens (tertiary/aromatic N) is 4. The molecule has 3 N–H and O–H groups in total. The van der Waals surface area contributed by atoms with Gasteiger partial charge in [0, 0.05) is 41.3 Å². The highest BCUT2D eigenvalue weighted by Gasteiger charge is 2.26. The van der Waals surface area contributed by atoms with Gasteiger partial charge in [-0.2, -0.15) is 0 Å². The van der Waals surface area contributed by atoms with Gasteiger partial charge in [-0.05, 0) is 44.7 Å². The Bertz CT molecular complexity index is 1400. The van der Waals surface area contributed by atoms with Crippen LogP contribution in [0.15, 0.2) is 30.9 Å². The first-order valence-corrected chi connectivity index (χ1v) is 11.7. The molecule has 0 spiro atoms. The SMILES string of the molecule is Cc1ncn(C)c1C(=O)NC1CCC[C@H](Nc2nc(-c3c[nH]c4c(F)cc(Cl)cc34)ncc2F)C1. The van der Waals surface area contributed by atoms with Gasteiger partial charge in [0.25, 0.3) is 5.91 Å². The van der Waals surface area contributed by atoms with Crippen LogP contribution in [-0.4, -0.2) is 42.5 Å². The molecule has 1 amide bonds. The van der Waals surface area contributed by atoms with Crippen LogP contribution < -0.4 is 10.6 Å². The number of carbonyl (C=O) groups is 1. The molecule has 35 heavy (non-hydrogen) atoms. The minimum Gasteiger partial charge on any atom is -0.365 e.